The molecule has 0 fully saturated rings. The van der Waals surface area contributed by atoms with Crippen LogP contribution in [0.2, 0.25) is 0 Å². The predicted molar refractivity (Wildman–Crippen MR) is 64.4 cm³/mol. The van der Waals surface area contributed by atoms with Crippen molar-refractivity contribution >= 4 is 16.7 Å². The van der Waals surface area contributed by atoms with Gasteiger partial charge in [0.15, 0.2) is 0 Å². The fourth-order valence-corrected chi connectivity index (χ4v) is 2.03. The van der Waals surface area contributed by atoms with Crippen LogP contribution in [0.1, 0.15) is 12.5 Å². The number of aromatic nitrogens is 2. The monoisotopic (exact) mass is 235 g/mol. The van der Waals surface area contributed by atoms with Gasteiger partial charge in [0.05, 0.1) is 12.1 Å². The third-order valence-electron chi connectivity index (χ3n) is 2.47. The van der Waals surface area contributed by atoms with Crippen LogP contribution in [0.15, 0.2) is 36.7 Å². The summed E-state index contributed by atoms with van der Waals surface area (Å²) >= 11 is 1.28. The Balaban J connectivity index is 2.26. The zero-order valence-electron chi connectivity index (χ0n) is 8.92. The van der Waals surface area contributed by atoms with Gasteiger partial charge in [0.1, 0.15) is 6.33 Å². The molecule has 0 bridgehead atoms. The zero-order chi connectivity index (χ0) is 11.4. The van der Waals surface area contributed by atoms with Crippen molar-refractivity contribution in [2.75, 3.05) is 11.9 Å². The Morgan fingerprint density at radius 1 is 1.38 bits per heavy atom. The minimum absolute atomic E-state index is 0.00338. The lowest BCUT2D eigenvalue weighted by atomic mass is 9.93. The fourth-order valence-electron chi connectivity index (χ4n) is 1.47. The smallest absolute Gasteiger partial charge is 0.203 e. The average Bonchev–Trinajstić information content (AvgIpc) is 2.83. The van der Waals surface area contributed by atoms with E-state index < -0.39 is 5.54 Å². The van der Waals surface area contributed by atoms with E-state index in [4.69, 9.17) is 0 Å². The molecule has 1 unspecified atom stereocenters. The Kier molecular flexibility index (Phi) is 3.17. The molecule has 1 aromatic carbocycles. The van der Waals surface area contributed by atoms with Crippen LogP contribution in [0.4, 0.5) is 5.13 Å². The maximum Gasteiger partial charge on any atom is 0.203 e. The van der Waals surface area contributed by atoms with Gasteiger partial charge in [-0.15, -0.1) is 0 Å². The number of nitrogens with zero attached hydrogens (tertiary/aromatic N) is 2. The summed E-state index contributed by atoms with van der Waals surface area (Å²) in [5, 5.41) is 13.4. The lowest BCUT2D eigenvalue weighted by Gasteiger charge is -2.28. The number of hydrogen-bond acceptors (Lipinski definition) is 5. The molecule has 0 aliphatic rings. The minimum Gasteiger partial charge on any atom is -0.394 e. The molecule has 0 amide bonds. The average molecular weight is 235 g/mol. The van der Waals surface area contributed by atoms with Crippen molar-refractivity contribution in [1.82, 2.24) is 9.36 Å². The molecule has 84 valence electrons. The summed E-state index contributed by atoms with van der Waals surface area (Å²) in [6.07, 6.45) is 1.50. The lowest BCUT2D eigenvalue weighted by molar-refractivity contribution is 0.224. The quantitative estimate of drug-likeness (QED) is 0.849. The molecule has 0 radical (unpaired) electrons. The highest BCUT2D eigenvalue weighted by atomic mass is 32.1. The third kappa shape index (κ3) is 2.20. The van der Waals surface area contributed by atoms with Crippen LogP contribution in [0.5, 0.6) is 0 Å². The maximum atomic E-state index is 9.53. The van der Waals surface area contributed by atoms with Crippen LogP contribution >= 0.6 is 11.5 Å². The van der Waals surface area contributed by atoms with Crippen molar-refractivity contribution in [3.05, 3.63) is 42.2 Å². The van der Waals surface area contributed by atoms with E-state index in [0.717, 1.165) is 5.56 Å². The van der Waals surface area contributed by atoms with Crippen molar-refractivity contribution in [1.29, 1.82) is 0 Å². The highest BCUT2D eigenvalue weighted by Gasteiger charge is 2.26. The van der Waals surface area contributed by atoms with E-state index in [1.807, 2.05) is 37.3 Å². The molecule has 0 aliphatic carbocycles. The number of hydrogen-bond donors (Lipinski definition) is 2. The molecular weight excluding hydrogens is 222 g/mol. The third-order valence-corrected chi connectivity index (χ3v) is 3.05. The number of aliphatic hydroxyl groups is 1. The summed E-state index contributed by atoms with van der Waals surface area (Å²) in [6.45, 7) is 1.93. The normalized spacial score (nSPS) is 14.4. The van der Waals surface area contributed by atoms with E-state index in [-0.39, 0.29) is 6.61 Å². The second-order valence-electron chi connectivity index (χ2n) is 3.73. The number of anilines is 1. The molecule has 1 atom stereocenters. The van der Waals surface area contributed by atoms with Gasteiger partial charge < -0.3 is 10.4 Å². The van der Waals surface area contributed by atoms with Gasteiger partial charge in [-0.1, -0.05) is 30.3 Å². The van der Waals surface area contributed by atoms with Crippen molar-refractivity contribution in [2.24, 2.45) is 0 Å². The van der Waals surface area contributed by atoms with Crippen molar-refractivity contribution in [3.8, 4) is 0 Å². The number of nitrogens with one attached hydrogen (secondary N) is 1. The van der Waals surface area contributed by atoms with Gasteiger partial charge in [-0.2, -0.15) is 4.37 Å². The molecule has 2 rings (SSSR count). The molecule has 16 heavy (non-hydrogen) atoms. The first kappa shape index (κ1) is 11.0. The summed E-state index contributed by atoms with van der Waals surface area (Å²) in [4.78, 5) is 4.06. The largest absolute Gasteiger partial charge is 0.394 e. The molecule has 5 heteroatoms. The summed E-state index contributed by atoms with van der Waals surface area (Å²) in [7, 11) is 0. The molecule has 1 aromatic heterocycles. The van der Waals surface area contributed by atoms with Crippen molar-refractivity contribution in [3.63, 3.8) is 0 Å². The van der Waals surface area contributed by atoms with Gasteiger partial charge in [0.25, 0.3) is 0 Å². The first-order chi connectivity index (χ1) is 7.74. The first-order valence-corrected chi connectivity index (χ1v) is 5.73. The second kappa shape index (κ2) is 4.59. The maximum absolute atomic E-state index is 9.53. The number of rotatable bonds is 4. The van der Waals surface area contributed by atoms with Gasteiger partial charge in [-0.3, -0.25) is 0 Å². The molecule has 2 aromatic rings. The molecule has 0 saturated heterocycles. The van der Waals surface area contributed by atoms with Crippen molar-refractivity contribution in [2.45, 2.75) is 12.5 Å². The van der Waals surface area contributed by atoms with E-state index in [1.54, 1.807) is 0 Å². The second-order valence-corrected chi connectivity index (χ2v) is 4.51. The van der Waals surface area contributed by atoms with Crippen LogP contribution in [0, 0.1) is 0 Å². The lowest BCUT2D eigenvalue weighted by Crippen LogP contribution is -2.35. The Labute approximate surface area is 98.1 Å². The topological polar surface area (TPSA) is 58.0 Å². The summed E-state index contributed by atoms with van der Waals surface area (Å²) in [5.74, 6) is 0. The SMILES string of the molecule is CC(CO)(Nc1ncns1)c1ccccc1. The van der Waals surface area contributed by atoms with E-state index >= 15 is 0 Å². The molecule has 0 saturated carbocycles. The molecule has 1 heterocycles. The molecule has 4 nitrogen and oxygen atoms in total. The minimum atomic E-state index is -0.527. The summed E-state index contributed by atoms with van der Waals surface area (Å²) in [5.41, 5.74) is 0.494. The molecular formula is C11H13N3OS. The van der Waals surface area contributed by atoms with E-state index in [2.05, 4.69) is 14.7 Å². The Hall–Kier alpha value is -1.46. The number of aliphatic hydroxyl groups excluding tert-OH is 1. The molecule has 0 aliphatic heterocycles. The van der Waals surface area contributed by atoms with Crippen LogP contribution < -0.4 is 5.32 Å². The summed E-state index contributed by atoms with van der Waals surface area (Å²) < 4.78 is 3.92. The number of benzene rings is 1. The highest BCUT2D eigenvalue weighted by molar-refractivity contribution is 7.09. The Morgan fingerprint density at radius 3 is 2.69 bits per heavy atom. The fraction of sp³-hybridized carbons (Fsp3) is 0.273. The van der Waals surface area contributed by atoms with Gasteiger partial charge in [0.2, 0.25) is 5.13 Å². The van der Waals surface area contributed by atoms with E-state index in [1.165, 1.54) is 17.9 Å². The van der Waals surface area contributed by atoms with Crippen LogP contribution in [-0.2, 0) is 5.54 Å². The predicted octanol–water partition coefficient (Wildman–Crippen LogP) is 1.86. The highest BCUT2D eigenvalue weighted by Crippen LogP contribution is 2.25. The zero-order valence-corrected chi connectivity index (χ0v) is 9.74. The first-order valence-electron chi connectivity index (χ1n) is 4.96. The Bertz CT molecular complexity index is 432. The van der Waals surface area contributed by atoms with Gasteiger partial charge in [0, 0.05) is 11.5 Å². The van der Waals surface area contributed by atoms with Crippen LogP contribution in [-0.4, -0.2) is 21.1 Å². The Morgan fingerprint density at radius 2 is 2.12 bits per heavy atom. The standard InChI is InChI=1S/C11H13N3OS/c1-11(7-15,9-5-3-2-4-6-9)14-10-12-8-13-16-10/h2-6,8,15H,7H2,1H3,(H,12,13,14). The van der Waals surface area contributed by atoms with Gasteiger partial charge in [-0.05, 0) is 12.5 Å². The van der Waals surface area contributed by atoms with Crippen LogP contribution in [0.3, 0.4) is 0 Å². The molecule has 2 N–H and O–H groups in total. The van der Waals surface area contributed by atoms with Gasteiger partial charge in [-0.25, -0.2) is 4.98 Å². The van der Waals surface area contributed by atoms with Crippen molar-refractivity contribution < 1.29 is 5.11 Å². The molecule has 0 spiro atoms. The summed E-state index contributed by atoms with van der Waals surface area (Å²) in [6, 6.07) is 9.80. The van der Waals surface area contributed by atoms with E-state index in [0.29, 0.717) is 5.13 Å². The van der Waals surface area contributed by atoms with Crippen LogP contribution in [0.25, 0.3) is 0 Å². The van der Waals surface area contributed by atoms with Gasteiger partial charge >= 0.3 is 0 Å². The van der Waals surface area contributed by atoms with E-state index in [9.17, 15) is 5.11 Å².